The molecule has 0 aromatic heterocycles. The molecule has 0 saturated carbocycles. The van der Waals surface area contributed by atoms with Gasteiger partial charge in [-0.05, 0) is 91.3 Å². The highest BCUT2D eigenvalue weighted by atomic mass is 19.1. The van der Waals surface area contributed by atoms with Crippen molar-refractivity contribution in [1.29, 1.82) is 5.26 Å². The molecule has 0 spiro atoms. The summed E-state index contributed by atoms with van der Waals surface area (Å²) in [6.07, 6.45) is 4.85. The summed E-state index contributed by atoms with van der Waals surface area (Å²) in [5.41, 5.74) is 9.71. The third-order valence-electron chi connectivity index (χ3n) is 5.68. The first-order valence-corrected chi connectivity index (χ1v) is 12.6. The molecule has 35 heavy (non-hydrogen) atoms. The topological polar surface area (TPSA) is 23.8 Å². The van der Waals surface area contributed by atoms with Gasteiger partial charge in [-0.15, -0.1) is 0 Å². The van der Waals surface area contributed by atoms with Crippen LogP contribution in [0.2, 0.25) is 0 Å². The van der Waals surface area contributed by atoms with Crippen LogP contribution in [0.1, 0.15) is 92.5 Å². The second-order valence-electron chi connectivity index (χ2n) is 8.09. The summed E-state index contributed by atoms with van der Waals surface area (Å²) in [7, 11) is 0. The molecule has 3 aromatic carbocycles. The minimum absolute atomic E-state index is 0.217. The largest absolute Gasteiger partial charge is 0.206 e. The van der Waals surface area contributed by atoms with Crippen LogP contribution in [0.15, 0.2) is 54.6 Å². The van der Waals surface area contributed by atoms with Gasteiger partial charge in [0.05, 0.1) is 11.6 Å². The summed E-state index contributed by atoms with van der Waals surface area (Å²) in [5.74, 6) is -0.217. The van der Waals surface area contributed by atoms with E-state index in [0.29, 0.717) is 17.5 Å². The maximum atomic E-state index is 15.1. The van der Waals surface area contributed by atoms with E-state index in [4.69, 9.17) is 5.26 Å². The van der Waals surface area contributed by atoms with Crippen LogP contribution < -0.4 is 0 Å². The second kappa shape index (κ2) is 14.7. The van der Waals surface area contributed by atoms with Crippen LogP contribution >= 0.6 is 0 Å². The fourth-order valence-corrected chi connectivity index (χ4v) is 3.79. The zero-order chi connectivity index (χ0) is 26.5. The molecular weight excluding hydrogens is 429 g/mol. The summed E-state index contributed by atoms with van der Waals surface area (Å²) >= 11 is 0. The summed E-state index contributed by atoms with van der Waals surface area (Å²) in [6.45, 7) is 18.2. The molecule has 2 heteroatoms. The minimum atomic E-state index is -0.217. The Labute approximate surface area is 212 Å². The minimum Gasteiger partial charge on any atom is -0.206 e. The molecule has 0 amide bonds. The number of benzene rings is 3. The van der Waals surface area contributed by atoms with Gasteiger partial charge in [-0.25, -0.2) is 4.39 Å². The highest BCUT2D eigenvalue weighted by Gasteiger charge is 2.10. The van der Waals surface area contributed by atoms with Gasteiger partial charge in [0.15, 0.2) is 0 Å². The summed E-state index contributed by atoms with van der Waals surface area (Å²) in [5, 5.41) is 9.07. The average molecular weight is 470 g/mol. The van der Waals surface area contributed by atoms with Gasteiger partial charge >= 0.3 is 0 Å². The van der Waals surface area contributed by atoms with Crippen molar-refractivity contribution in [1.82, 2.24) is 0 Å². The molecule has 0 saturated heterocycles. The number of allylic oxidation sites excluding steroid dienone is 2. The van der Waals surface area contributed by atoms with Crippen LogP contribution in [0.25, 0.3) is 23.3 Å². The maximum Gasteiger partial charge on any atom is 0.131 e. The van der Waals surface area contributed by atoms with E-state index in [-0.39, 0.29) is 5.82 Å². The number of nitrogens with zero attached hydrogens (tertiary/aromatic N) is 1. The third-order valence-corrected chi connectivity index (χ3v) is 5.68. The predicted molar refractivity (Wildman–Crippen MR) is 153 cm³/mol. The molecule has 0 aliphatic heterocycles. The number of nitriles is 1. The van der Waals surface area contributed by atoms with Gasteiger partial charge in [0.1, 0.15) is 5.82 Å². The van der Waals surface area contributed by atoms with Crippen LogP contribution in [-0.4, -0.2) is 0 Å². The SMILES string of the molecule is CC.CC.CC/C(=C\c1ccc(C#N)cc1C)c1ccc(/C(C)=C/c2ccc(C)cc2C)cc1F. The van der Waals surface area contributed by atoms with Crippen molar-refractivity contribution in [2.45, 2.75) is 68.7 Å². The highest BCUT2D eigenvalue weighted by molar-refractivity contribution is 5.85. The fourth-order valence-electron chi connectivity index (χ4n) is 3.79. The van der Waals surface area contributed by atoms with Crippen molar-refractivity contribution in [2.75, 3.05) is 0 Å². The normalized spacial score (nSPS) is 11.0. The Kier molecular flexibility index (Phi) is 12.5. The Morgan fingerprint density at radius 1 is 0.829 bits per heavy atom. The number of aryl methyl sites for hydroxylation is 3. The molecule has 3 aromatic rings. The molecule has 0 atom stereocenters. The molecule has 1 nitrogen and oxygen atoms in total. The Bertz CT molecular complexity index is 1220. The molecular formula is C33H40FN. The summed E-state index contributed by atoms with van der Waals surface area (Å²) < 4.78 is 15.1. The molecule has 0 heterocycles. The Hall–Kier alpha value is -3.44. The monoisotopic (exact) mass is 469 g/mol. The number of halogens is 1. The second-order valence-corrected chi connectivity index (χ2v) is 8.09. The van der Waals surface area contributed by atoms with Gasteiger partial charge in [-0.2, -0.15) is 5.26 Å². The average Bonchev–Trinajstić information content (AvgIpc) is 2.87. The van der Waals surface area contributed by atoms with Crippen molar-refractivity contribution >= 4 is 23.3 Å². The lowest BCUT2D eigenvalue weighted by molar-refractivity contribution is 0.623. The molecule has 0 aliphatic rings. The Morgan fingerprint density at radius 3 is 1.97 bits per heavy atom. The van der Waals surface area contributed by atoms with Crippen molar-refractivity contribution in [2.24, 2.45) is 0 Å². The first-order chi connectivity index (χ1) is 16.8. The number of rotatable bonds is 5. The smallest absolute Gasteiger partial charge is 0.131 e. The van der Waals surface area contributed by atoms with Crippen LogP contribution in [-0.2, 0) is 0 Å². The van der Waals surface area contributed by atoms with Gasteiger partial charge in [-0.3, -0.25) is 0 Å². The highest BCUT2D eigenvalue weighted by Crippen LogP contribution is 2.29. The molecule has 184 valence electrons. The van der Waals surface area contributed by atoms with Crippen molar-refractivity contribution < 1.29 is 4.39 Å². The first kappa shape index (κ1) is 29.6. The Balaban J connectivity index is 0.00000145. The molecule has 0 unspecified atom stereocenters. The molecule has 0 fully saturated rings. The summed E-state index contributed by atoms with van der Waals surface area (Å²) in [6, 6.07) is 19.6. The first-order valence-electron chi connectivity index (χ1n) is 12.6. The van der Waals surface area contributed by atoms with E-state index in [1.807, 2.05) is 78.8 Å². The van der Waals surface area contributed by atoms with E-state index in [0.717, 1.165) is 33.4 Å². The van der Waals surface area contributed by atoms with E-state index in [1.165, 1.54) is 11.1 Å². The lowest BCUT2D eigenvalue weighted by Crippen LogP contribution is -1.93. The lowest BCUT2D eigenvalue weighted by Gasteiger charge is -2.11. The van der Waals surface area contributed by atoms with E-state index < -0.39 is 0 Å². The third kappa shape index (κ3) is 8.08. The molecule has 0 bridgehead atoms. The van der Waals surface area contributed by atoms with Gasteiger partial charge in [-0.1, -0.05) is 88.7 Å². The quantitative estimate of drug-likeness (QED) is 0.341. The van der Waals surface area contributed by atoms with E-state index in [2.05, 4.69) is 44.2 Å². The predicted octanol–water partition coefficient (Wildman–Crippen LogP) is 10.2. The number of hydrogen-bond donors (Lipinski definition) is 0. The zero-order valence-electron chi connectivity index (χ0n) is 22.9. The van der Waals surface area contributed by atoms with E-state index >= 15 is 4.39 Å². The maximum absolute atomic E-state index is 15.1. The van der Waals surface area contributed by atoms with Gasteiger partial charge in [0, 0.05) is 5.56 Å². The fraction of sp³-hybridized carbons (Fsp3) is 0.303. The lowest BCUT2D eigenvalue weighted by atomic mass is 9.94. The molecule has 0 N–H and O–H groups in total. The Morgan fingerprint density at radius 2 is 1.43 bits per heavy atom. The van der Waals surface area contributed by atoms with Crippen molar-refractivity contribution in [3.05, 3.63) is 105 Å². The van der Waals surface area contributed by atoms with Gasteiger partial charge < -0.3 is 0 Å². The van der Waals surface area contributed by atoms with Crippen LogP contribution in [0.5, 0.6) is 0 Å². The molecule has 3 rings (SSSR count). The summed E-state index contributed by atoms with van der Waals surface area (Å²) in [4.78, 5) is 0. The van der Waals surface area contributed by atoms with Gasteiger partial charge in [0.2, 0.25) is 0 Å². The molecule has 0 radical (unpaired) electrons. The zero-order valence-corrected chi connectivity index (χ0v) is 22.9. The van der Waals surface area contributed by atoms with Crippen LogP contribution in [0.3, 0.4) is 0 Å². The van der Waals surface area contributed by atoms with Crippen LogP contribution in [0, 0.1) is 37.9 Å². The molecule has 0 aliphatic carbocycles. The number of hydrogen-bond acceptors (Lipinski definition) is 1. The van der Waals surface area contributed by atoms with E-state index in [1.54, 1.807) is 12.1 Å². The van der Waals surface area contributed by atoms with Crippen molar-refractivity contribution in [3.63, 3.8) is 0 Å². The van der Waals surface area contributed by atoms with Gasteiger partial charge in [0.25, 0.3) is 0 Å². The van der Waals surface area contributed by atoms with Crippen LogP contribution in [0.4, 0.5) is 4.39 Å². The standard InChI is InChI=1S/C29H28FN.2C2H6/c1-6-24(16-26-10-8-23(18-31)14-21(26)4)28-12-11-27(17-29(28)30)22(5)15-25-9-7-19(2)13-20(25)3;2*1-2/h7-17H,6H2,1-5H3;2*1-2H3/b22-15+,24-16+;;. The van der Waals surface area contributed by atoms with E-state index in [9.17, 15) is 0 Å². The van der Waals surface area contributed by atoms with Crippen molar-refractivity contribution in [3.8, 4) is 6.07 Å².